The number of amides is 1. The molecule has 0 aliphatic heterocycles. The van der Waals surface area contributed by atoms with E-state index in [-0.39, 0.29) is 17.2 Å². The molecule has 0 unspecified atom stereocenters. The van der Waals surface area contributed by atoms with Gasteiger partial charge in [0.2, 0.25) is 0 Å². The Morgan fingerprint density at radius 2 is 2.05 bits per heavy atom. The number of benzene rings is 1. The smallest absolute Gasteiger partial charge is 0.282 e. The first-order valence-corrected chi connectivity index (χ1v) is 8.19. The molecule has 0 radical (unpaired) electrons. The number of carbonyl (C=O) groups is 1. The van der Waals surface area contributed by atoms with E-state index in [4.69, 9.17) is 0 Å². The molecule has 3 aromatic rings. The minimum absolute atomic E-state index is 0.208. The van der Waals surface area contributed by atoms with E-state index < -0.39 is 0 Å². The number of aromatic nitrogens is 2. The molecule has 2 aromatic heterocycles. The molecule has 1 N–H and O–H groups in total. The van der Waals surface area contributed by atoms with E-state index in [0.29, 0.717) is 20.7 Å². The van der Waals surface area contributed by atoms with Crippen LogP contribution in [-0.2, 0) is 0 Å². The molecule has 0 saturated carbocycles. The van der Waals surface area contributed by atoms with Crippen molar-refractivity contribution < 1.29 is 4.79 Å². The van der Waals surface area contributed by atoms with Gasteiger partial charge in [0, 0.05) is 15.5 Å². The van der Waals surface area contributed by atoms with E-state index in [0.717, 1.165) is 5.69 Å². The van der Waals surface area contributed by atoms with Crippen LogP contribution in [0.5, 0.6) is 0 Å². The summed E-state index contributed by atoms with van der Waals surface area (Å²) in [5.41, 5.74) is 1.72. The third-order valence-corrected chi connectivity index (χ3v) is 4.91. The highest BCUT2D eigenvalue weighted by Crippen LogP contribution is 2.19. The minimum atomic E-state index is -0.345. The zero-order valence-corrected chi connectivity index (χ0v) is 14.3. The van der Waals surface area contributed by atoms with E-state index in [1.165, 1.54) is 15.7 Å². The number of hydrogen-bond acceptors (Lipinski definition) is 4. The third kappa shape index (κ3) is 2.46. The van der Waals surface area contributed by atoms with Gasteiger partial charge in [0.15, 0.2) is 4.96 Å². The molecule has 0 aliphatic carbocycles. The summed E-state index contributed by atoms with van der Waals surface area (Å²) in [7, 11) is 0. The van der Waals surface area contributed by atoms with E-state index in [1.54, 1.807) is 25.1 Å². The van der Waals surface area contributed by atoms with Gasteiger partial charge in [0.05, 0.1) is 11.3 Å². The Balaban J connectivity index is 2.08. The molecule has 0 fully saturated rings. The molecule has 1 amide bonds. The molecule has 3 rings (SSSR count). The zero-order valence-electron chi connectivity index (χ0n) is 11.9. The third-order valence-electron chi connectivity index (χ3n) is 3.28. The molecule has 5 nitrogen and oxygen atoms in total. The highest BCUT2D eigenvalue weighted by Gasteiger charge is 2.16. The Hall–Kier alpha value is -1.99. The second-order valence-corrected chi connectivity index (χ2v) is 6.50. The first-order chi connectivity index (χ1) is 10.5. The normalized spacial score (nSPS) is 10.9. The van der Waals surface area contributed by atoms with Crippen molar-refractivity contribution in [2.24, 2.45) is 0 Å². The van der Waals surface area contributed by atoms with Gasteiger partial charge in [0.1, 0.15) is 5.69 Å². The van der Waals surface area contributed by atoms with Gasteiger partial charge in [-0.3, -0.25) is 14.0 Å². The van der Waals surface area contributed by atoms with Gasteiger partial charge >= 0.3 is 0 Å². The first kappa shape index (κ1) is 14.9. The fraction of sp³-hybridized carbons (Fsp3) is 0.133. The van der Waals surface area contributed by atoms with Gasteiger partial charge in [-0.15, -0.1) is 11.3 Å². The summed E-state index contributed by atoms with van der Waals surface area (Å²) in [6.07, 6.45) is 0. The highest BCUT2D eigenvalue weighted by atomic mass is 79.9. The van der Waals surface area contributed by atoms with Gasteiger partial charge in [-0.25, -0.2) is 4.98 Å². The van der Waals surface area contributed by atoms with Crippen molar-refractivity contribution in [1.82, 2.24) is 9.38 Å². The largest absolute Gasteiger partial charge is 0.316 e. The fourth-order valence-corrected chi connectivity index (χ4v) is 3.52. The molecule has 0 aliphatic rings. The van der Waals surface area contributed by atoms with Crippen molar-refractivity contribution in [3.63, 3.8) is 0 Å². The lowest BCUT2D eigenvalue weighted by atomic mass is 10.2. The summed E-state index contributed by atoms with van der Waals surface area (Å²) < 4.78 is 2.18. The van der Waals surface area contributed by atoms with Crippen LogP contribution in [0, 0.1) is 13.8 Å². The minimum Gasteiger partial charge on any atom is -0.316 e. The number of anilines is 1. The van der Waals surface area contributed by atoms with Crippen LogP contribution in [-0.4, -0.2) is 15.3 Å². The molecular formula is C15H12BrN3O2S. The summed E-state index contributed by atoms with van der Waals surface area (Å²) in [6, 6.07) is 7.06. The lowest BCUT2D eigenvalue weighted by molar-refractivity contribution is 0.102. The molecule has 0 bridgehead atoms. The van der Waals surface area contributed by atoms with Gasteiger partial charge in [-0.2, -0.15) is 0 Å². The van der Waals surface area contributed by atoms with E-state index in [1.807, 2.05) is 18.4 Å². The second kappa shape index (κ2) is 5.66. The number of halogens is 1. The molecule has 0 atom stereocenters. The summed E-state index contributed by atoms with van der Waals surface area (Å²) in [6.45, 7) is 3.55. The summed E-state index contributed by atoms with van der Waals surface area (Å²) in [4.78, 5) is 30.0. The maximum atomic E-state index is 12.6. The van der Waals surface area contributed by atoms with Crippen molar-refractivity contribution in [3.05, 3.63) is 61.4 Å². The number of thiazole rings is 1. The molecule has 2 heterocycles. The lowest BCUT2D eigenvalue weighted by Crippen LogP contribution is -2.25. The number of fused-ring (bicyclic) bond motifs is 1. The Morgan fingerprint density at radius 1 is 1.32 bits per heavy atom. The predicted octanol–water partition coefficient (Wildman–Crippen LogP) is 3.39. The Kier molecular flexibility index (Phi) is 3.84. The molecule has 7 heteroatoms. The number of hydrogen-bond donors (Lipinski definition) is 1. The van der Waals surface area contributed by atoms with Crippen molar-refractivity contribution in [1.29, 1.82) is 0 Å². The van der Waals surface area contributed by atoms with Crippen molar-refractivity contribution in [2.75, 3.05) is 5.32 Å². The van der Waals surface area contributed by atoms with Gasteiger partial charge in [-0.1, -0.05) is 12.1 Å². The van der Waals surface area contributed by atoms with Crippen molar-refractivity contribution in [3.8, 4) is 0 Å². The van der Waals surface area contributed by atoms with Gasteiger partial charge < -0.3 is 5.32 Å². The predicted molar refractivity (Wildman–Crippen MR) is 90.9 cm³/mol. The van der Waals surface area contributed by atoms with Crippen LogP contribution >= 0.6 is 27.3 Å². The number of aryl methyl sites for hydroxylation is 2. The molecule has 112 valence electrons. The van der Waals surface area contributed by atoms with E-state index >= 15 is 0 Å². The summed E-state index contributed by atoms with van der Waals surface area (Å²) in [5, 5.41) is 4.55. The number of nitrogens with zero attached hydrogens (tertiary/aromatic N) is 2. The number of nitrogens with one attached hydrogen (secondary N) is 1. The van der Waals surface area contributed by atoms with Crippen LogP contribution in [0.3, 0.4) is 0 Å². The molecule has 0 saturated heterocycles. The van der Waals surface area contributed by atoms with Crippen LogP contribution in [0.1, 0.15) is 21.7 Å². The second-order valence-electron chi connectivity index (χ2n) is 4.81. The average molecular weight is 378 g/mol. The maximum absolute atomic E-state index is 12.6. The van der Waals surface area contributed by atoms with Crippen LogP contribution < -0.4 is 10.9 Å². The molecule has 0 spiro atoms. The standard InChI is InChI=1S/C15H12BrN3O2S/c1-8-7-22-15-17-9(2)12(14(21)19(8)15)18-13(20)10-5-3-4-6-11(10)16/h3-7H,1-2H3,(H,18,20). The zero-order chi connectivity index (χ0) is 15.9. The Bertz CT molecular complexity index is 946. The Morgan fingerprint density at radius 3 is 2.77 bits per heavy atom. The summed E-state index contributed by atoms with van der Waals surface area (Å²) in [5.74, 6) is -0.345. The van der Waals surface area contributed by atoms with Crippen LogP contribution in [0.2, 0.25) is 0 Å². The molecule has 1 aromatic carbocycles. The van der Waals surface area contributed by atoms with E-state index in [2.05, 4.69) is 26.2 Å². The molecular weight excluding hydrogens is 366 g/mol. The van der Waals surface area contributed by atoms with Crippen molar-refractivity contribution >= 4 is 43.8 Å². The number of carbonyl (C=O) groups excluding carboxylic acids is 1. The molecule has 22 heavy (non-hydrogen) atoms. The number of rotatable bonds is 2. The monoisotopic (exact) mass is 377 g/mol. The van der Waals surface area contributed by atoms with Crippen LogP contribution in [0.4, 0.5) is 5.69 Å². The Labute approximate surface area is 138 Å². The van der Waals surface area contributed by atoms with Gasteiger partial charge in [0.25, 0.3) is 11.5 Å². The maximum Gasteiger partial charge on any atom is 0.282 e. The topological polar surface area (TPSA) is 63.5 Å². The fourth-order valence-electron chi connectivity index (χ4n) is 2.15. The average Bonchev–Trinajstić information content (AvgIpc) is 2.84. The SMILES string of the molecule is Cc1nc2scc(C)n2c(=O)c1NC(=O)c1ccccc1Br. The van der Waals surface area contributed by atoms with Gasteiger partial charge in [-0.05, 0) is 41.9 Å². The quantitative estimate of drug-likeness (QED) is 0.744. The first-order valence-electron chi connectivity index (χ1n) is 6.52. The van der Waals surface area contributed by atoms with E-state index in [9.17, 15) is 9.59 Å². The van der Waals surface area contributed by atoms with Crippen LogP contribution in [0.25, 0.3) is 4.96 Å². The summed E-state index contributed by atoms with van der Waals surface area (Å²) >= 11 is 4.73. The van der Waals surface area contributed by atoms with Crippen molar-refractivity contribution in [2.45, 2.75) is 13.8 Å². The highest BCUT2D eigenvalue weighted by molar-refractivity contribution is 9.10. The lowest BCUT2D eigenvalue weighted by Gasteiger charge is -2.09. The van der Waals surface area contributed by atoms with Crippen LogP contribution in [0.15, 0.2) is 38.9 Å².